The molecule has 1 atom stereocenters. The monoisotopic (exact) mass is 137 g/mol. The molecule has 6 N–H and O–H groups in total. The Kier molecular flexibility index (Phi) is 4.44. The zero-order valence-corrected chi connectivity index (χ0v) is 5.13. The molecule has 9 heavy (non-hydrogen) atoms. The Hall–Kier alpha value is -0.280. The molecule has 0 spiro atoms. The van der Waals surface area contributed by atoms with Crippen molar-refractivity contribution in [1.82, 2.24) is 10.7 Å². The van der Waals surface area contributed by atoms with Crippen molar-refractivity contribution in [2.45, 2.75) is 0 Å². The van der Waals surface area contributed by atoms with Crippen molar-refractivity contribution in [2.24, 2.45) is 11.6 Å². The summed E-state index contributed by atoms with van der Waals surface area (Å²) in [7, 11) is 1.48. The highest BCUT2D eigenvalue weighted by atomic mass is 17.0. The number of nitrogens with zero attached hydrogens (tertiary/aromatic N) is 1. The van der Waals surface area contributed by atoms with Gasteiger partial charge in [0.15, 0.2) is 6.67 Å². The fourth-order valence-corrected chi connectivity index (χ4v) is 0.165. The van der Waals surface area contributed by atoms with Crippen LogP contribution in [0.4, 0.5) is 0 Å². The Balaban J connectivity index is 3.06. The van der Waals surface area contributed by atoms with Gasteiger partial charge in [0.25, 0.3) is 0 Å². The van der Waals surface area contributed by atoms with Gasteiger partial charge in [0, 0.05) is 7.05 Å². The molecule has 0 aromatic rings. The third-order valence-corrected chi connectivity index (χ3v) is 0.470. The van der Waals surface area contributed by atoms with Gasteiger partial charge in [-0.1, -0.05) is 10.5 Å². The van der Waals surface area contributed by atoms with Crippen LogP contribution in [0.5, 0.6) is 0 Å². The summed E-state index contributed by atoms with van der Waals surface area (Å²) in [6, 6.07) is 0. The second-order valence-electron chi connectivity index (χ2n) is 1.38. The molecule has 0 bridgehead atoms. The zero-order chi connectivity index (χ0) is 7.28. The molecule has 0 aromatic carbocycles. The van der Waals surface area contributed by atoms with Gasteiger partial charge < -0.3 is 5.21 Å². The molecule has 0 amide bonds. The van der Waals surface area contributed by atoms with Crippen LogP contribution in [-0.4, -0.2) is 18.8 Å². The van der Waals surface area contributed by atoms with Gasteiger partial charge in [-0.2, -0.15) is 10.3 Å². The van der Waals surface area contributed by atoms with Crippen LogP contribution >= 0.6 is 0 Å². The van der Waals surface area contributed by atoms with Crippen molar-refractivity contribution in [1.29, 1.82) is 0 Å². The molecule has 0 aliphatic rings. The minimum absolute atomic E-state index is 0.166. The fourth-order valence-electron chi connectivity index (χ4n) is 0.165. The van der Waals surface area contributed by atoms with Crippen LogP contribution in [0.25, 0.3) is 0 Å². The van der Waals surface area contributed by atoms with E-state index in [-0.39, 0.29) is 6.67 Å². The number of hydrogen-bond donors (Lipinski definition) is 4. The largest absolute Gasteiger partial charge is 0.597 e. The molecule has 0 saturated carbocycles. The van der Waals surface area contributed by atoms with E-state index < -0.39 is 5.23 Å². The molecule has 0 radical (unpaired) electrons. The first kappa shape index (κ1) is 8.72. The van der Waals surface area contributed by atoms with Gasteiger partial charge in [-0.15, -0.1) is 0 Å². The van der Waals surface area contributed by atoms with Crippen molar-refractivity contribution < 1.29 is 10.2 Å². The van der Waals surface area contributed by atoms with E-state index in [1.165, 1.54) is 7.05 Å². The number of hydroxylamine groups is 2. The summed E-state index contributed by atoms with van der Waals surface area (Å²) in [5.41, 5.74) is 6.96. The lowest BCUT2D eigenvalue weighted by Gasteiger charge is -2.18. The summed E-state index contributed by atoms with van der Waals surface area (Å²) < 4.78 is 0. The first-order valence-corrected chi connectivity index (χ1v) is 2.30. The molecule has 56 valence electrons. The minimum atomic E-state index is -0.563. The van der Waals surface area contributed by atoms with E-state index >= 15 is 0 Å². The molecule has 0 aliphatic heterocycles. The Morgan fingerprint density at radius 2 is 2.44 bits per heavy atom. The van der Waals surface area contributed by atoms with Gasteiger partial charge in [0.2, 0.25) is 0 Å². The summed E-state index contributed by atoms with van der Waals surface area (Å²) in [6.07, 6.45) is 0. The van der Waals surface area contributed by atoms with Gasteiger partial charge in [-0.25, -0.2) is 0 Å². The average Bonchev–Trinajstić information content (AvgIpc) is 1.83. The Morgan fingerprint density at radius 3 is 2.78 bits per heavy atom. The lowest BCUT2D eigenvalue weighted by molar-refractivity contribution is -1.07. The molecule has 1 unspecified atom stereocenters. The van der Waals surface area contributed by atoms with Crippen LogP contribution in [0, 0.1) is 5.21 Å². The van der Waals surface area contributed by atoms with E-state index in [9.17, 15) is 5.21 Å². The Morgan fingerprint density at radius 1 is 1.89 bits per heavy atom. The number of hydrazine groups is 2. The molecule has 0 aromatic heterocycles. The van der Waals surface area contributed by atoms with Crippen LogP contribution in [0.2, 0.25) is 0 Å². The van der Waals surface area contributed by atoms with Crippen molar-refractivity contribution in [3.63, 3.8) is 0 Å². The SMILES string of the molecule is CN(N)NO[NH+]([O-])CN. The normalized spacial score (nSPS) is 14.3. The molecule has 7 nitrogen and oxygen atoms in total. The van der Waals surface area contributed by atoms with Crippen molar-refractivity contribution in [2.75, 3.05) is 13.7 Å². The van der Waals surface area contributed by atoms with E-state index in [0.717, 1.165) is 5.12 Å². The molecule has 0 fully saturated rings. The molecule has 0 rings (SSSR count). The Bertz CT molecular complexity index is 68.0. The molecule has 7 heteroatoms. The molecular weight excluding hydrogens is 126 g/mol. The maximum Gasteiger partial charge on any atom is 0.160 e. The van der Waals surface area contributed by atoms with Crippen LogP contribution < -0.4 is 22.4 Å². The van der Waals surface area contributed by atoms with Gasteiger partial charge in [-0.3, -0.25) is 11.6 Å². The van der Waals surface area contributed by atoms with E-state index in [0.29, 0.717) is 0 Å². The van der Waals surface area contributed by atoms with E-state index in [1.54, 1.807) is 0 Å². The number of rotatable bonds is 4. The lowest BCUT2D eigenvalue weighted by atomic mass is 11.2. The molecular formula is C2H11N5O2. The van der Waals surface area contributed by atoms with Crippen LogP contribution in [-0.2, 0) is 4.94 Å². The van der Waals surface area contributed by atoms with Crippen molar-refractivity contribution in [3.8, 4) is 0 Å². The van der Waals surface area contributed by atoms with Crippen LogP contribution in [0.1, 0.15) is 0 Å². The topological polar surface area (TPSA) is 104 Å². The van der Waals surface area contributed by atoms with E-state index in [2.05, 4.69) is 10.5 Å². The number of nitrogens with one attached hydrogen (secondary N) is 2. The lowest BCUT2D eigenvalue weighted by Crippen LogP contribution is -3.09. The van der Waals surface area contributed by atoms with Gasteiger partial charge in [0.05, 0.1) is 0 Å². The fraction of sp³-hybridized carbons (Fsp3) is 1.00. The summed E-state index contributed by atoms with van der Waals surface area (Å²) in [5.74, 6) is 5.00. The summed E-state index contributed by atoms with van der Waals surface area (Å²) in [4.78, 5) is 4.24. The minimum Gasteiger partial charge on any atom is -0.597 e. The van der Waals surface area contributed by atoms with Gasteiger partial charge in [0.1, 0.15) is 0 Å². The summed E-state index contributed by atoms with van der Waals surface area (Å²) in [6.45, 7) is -0.166. The van der Waals surface area contributed by atoms with Crippen LogP contribution in [0.3, 0.4) is 0 Å². The first-order valence-electron chi connectivity index (χ1n) is 2.30. The third-order valence-electron chi connectivity index (χ3n) is 0.470. The molecule has 0 aliphatic carbocycles. The standard InChI is InChI=1S/C2H11N5O2/c1-6(4)5-9-7(8)2-3/h5,7H,2-4H2,1H3. The highest BCUT2D eigenvalue weighted by Crippen LogP contribution is 1.49. The summed E-state index contributed by atoms with van der Waals surface area (Å²) in [5, 5.41) is 10.7. The van der Waals surface area contributed by atoms with Crippen molar-refractivity contribution in [3.05, 3.63) is 5.21 Å². The van der Waals surface area contributed by atoms with E-state index in [1.807, 2.05) is 0 Å². The second-order valence-corrected chi connectivity index (χ2v) is 1.38. The highest BCUT2D eigenvalue weighted by Gasteiger charge is 1.92. The maximum atomic E-state index is 10.2. The first-order chi connectivity index (χ1) is 4.16. The van der Waals surface area contributed by atoms with Gasteiger partial charge >= 0.3 is 0 Å². The second kappa shape index (κ2) is 4.58. The van der Waals surface area contributed by atoms with E-state index in [4.69, 9.17) is 11.6 Å². The molecule has 0 saturated heterocycles. The smallest absolute Gasteiger partial charge is 0.160 e. The number of hydrogen-bond acceptors (Lipinski definition) is 6. The van der Waals surface area contributed by atoms with Gasteiger partial charge in [-0.05, 0) is 0 Å². The number of quaternary nitrogens is 1. The third kappa shape index (κ3) is 5.59. The van der Waals surface area contributed by atoms with Crippen molar-refractivity contribution >= 4 is 0 Å². The maximum absolute atomic E-state index is 10.2. The zero-order valence-electron chi connectivity index (χ0n) is 5.13. The predicted molar refractivity (Wildman–Crippen MR) is 29.6 cm³/mol. The predicted octanol–water partition coefficient (Wildman–Crippen LogP) is -3.56. The quantitative estimate of drug-likeness (QED) is 0.182. The molecule has 0 heterocycles. The Labute approximate surface area is 52.6 Å². The average molecular weight is 137 g/mol. The van der Waals surface area contributed by atoms with Crippen LogP contribution in [0.15, 0.2) is 0 Å². The highest BCUT2D eigenvalue weighted by molar-refractivity contribution is 4.00. The summed E-state index contributed by atoms with van der Waals surface area (Å²) >= 11 is 0. The number of nitrogens with two attached hydrogens (primary N) is 2.